The Hall–Kier alpha value is -1.56. The number of nitrogens with zero attached hydrogens (tertiary/aromatic N) is 1. The molecule has 0 amide bonds. The highest BCUT2D eigenvalue weighted by Gasteiger charge is 2.08. The van der Waals surface area contributed by atoms with Gasteiger partial charge in [-0.1, -0.05) is 13.8 Å². The van der Waals surface area contributed by atoms with Crippen LogP contribution in [-0.2, 0) is 0 Å². The van der Waals surface area contributed by atoms with Gasteiger partial charge in [-0.05, 0) is 31.0 Å². The van der Waals surface area contributed by atoms with Gasteiger partial charge in [-0.3, -0.25) is 0 Å². The lowest BCUT2D eigenvalue weighted by atomic mass is 10.1. The molecule has 0 aliphatic rings. The van der Waals surface area contributed by atoms with Gasteiger partial charge in [-0.15, -0.1) is 0 Å². The molecule has 0 heterocycles. The second-order valence-electron chi connectivity index (χ2n) is 3.98. The Morgan fingerprint density at radius 2 is 2.00 bits per heavy atom. The van der Waals surface area contributed by atoms with Crippen molar-refractivity contribution in [1.82, 2.24) is 0 Å². The summed E-state index contributed by atoms with van der Waals surface area (Å²) in [6.07, 6.45) is 0. The summed E-state index contributed by atoms with van der Waals surface area (Å²) >= 11 is 0. The molecule has 1 aromatic rings. The van der Waals surface area contributed by atoms with E-state index in [9.17, 15) is 4.39 Å². The summed E-state index contributed by atoms with van der Waals surface area (Å²) in [6, 6.07) is 6.61. The van der Waals surface area contributed by atoms with Crippen molar-refractivity contribution in [2.45, 2.75) is 26.8 Å². The van der Waals surface area contributed by atoms with Gasteiger partial charge in [-0.2, -0.15) is 5.26 Å². The van der Waals surface area contributed by atoms with E-state index in [1.54, 1.807) is 6.07 Å². The minimum atomic E-state index is -0.472. The Bertz CT molecular complexity index is 380. The fourth-order valence-electron chi connectivity index (χ4n) is 1.13. The van der Waals surface area contributed by atoms with Crippen molar-refractivity contribution in [1.29, 1.82) is 5.26 Å². The molecule has 0 bridgehead atoms. The third-order valence-electron chi connectivity index (χ3n) is 2.48. The molecule has 0 radical (unpaired) electrons. The highest BCUT2D eigenvalue weighted by Crippen LogP contribution is 2.16. The van der Waals surface area contributed by atoms with Crippen LogP contribution in [0.1, 0.15) is 26.3 Å². The lowest BCUT2D eigenvalue weighted by Gasteiger charge is -2.18. The van der Waals surface area contributed by atoms with Gasteiger partial charge in [0.1, 0.15) is 11.9 Å². The van der Waals surface area contributed by atoms with Crippen molar-refractivity contribution in [3.05, 3.63) is 29.6 Å². The van der Waals surface area contributed by atoms with E-state index in [0.29, 0.717) is 12.0 Å². The predicted molar refractivity (Wildman–Crippen MR) is 59.0 cm³/mol. The van der Waals surface area contributed by atoms with Crippen LogP contribution in [0.15, 0.2) is 18.2 Å². The van der Waals surface area contributed by atoms with E-state index in [1.807, 2.05) is 6.07 Å². The van der Waals surface area contributed by atoms with Gasteiger partial charge in [0.15, 0.2) is 0 Å². The maximum absolute atomic E-state index is 13.0. The van der Waals surface area contributed by atoms with Gasteiger partial charge < -0.3 is 5.32 Å². The summed E-state index contributed by atoms with van der Waals surface area (Å²) in [5.41, 5.74) is 0.866. The Kier molecular flexibility index (Phi) is 3.68. The molecular weight excluding hydrogens is 191 g/mol. The lowest BCUT2D eigenvalue weighted by molar-refractivity contribution is 0.559. The zero-order valence-electron chi connectivity index (χ0n) is 9.21. The molecule has 1 rings (SSSR count). The summed E-state index contributed by atoms with van der Waals surface area (Å²) in [5.74, 6) is 0.0147. The third-order valence-corrected chi connectivity index (χ3v) is 2.48. The first-order valence-corrected chi connectivity index (χ1v) is 5.00. The number of benzene rings is 1. The molecule has 80 valence electrons. The van der Waals surface area contributed by atoms with Crippen LogP contribution in [0.2, 0.25) is 0 Å². The lowest BCUT2D eigenvalue weighted by Crippen LogP contribution is -2.21. The SMILES string of the molecule is CC(C)C(C)Nc1ccc(F)c(C#N)c1. The number of nitrogens with one attached hydrogen (secondary N) is 1. The molecule has 0 spiro atoms. The van der Waals surface area contributed by atoms with Crippen molar-refractivity contribution in [3.63, 3.8) is 0 Å². The van der Waals surface area contributed by atoms with Crippen LogP contribution in [-0.4, -0.2) is 6.04 Å². The molecule has 0 saturated heterocycles. The molecule has 0 aliphatic heterocycles. The maximum Gasteiger partial charge on any atom is 0.141 e. The molecule has 1 atom stereocenters. The highest BCUT2D eigenvalue weighted by atomic mass is 19.1. The van der Waals surface area contributed by atoms with Crippen LogP contribution in [0.3, 0.4) is 0 Å². The van der Waals surface area contributed by atoms with Gasteiger partial charge in [0.2, 0.25) is 0 Å². The van der Waals surface area contributed by atoms with Crippen molar-refractivity contribution in [3.8, 4) is 6.07 Å². The molecule has 1 N–H and O–H groups in total. The molecule has 0 fully saturated rings. The van der Waals surface area contributed by atoms with Crippen LogP contribution in [0.25, 0.3) is 0 Å². The molecule has 1 aromatic carbocycles. The van der Waals surface area contributed by atoms with Crippen LogP contribution >= 0.6 is 0 Å². The summed E-state index contributed by atoms with van der Waals surface area (Å²) in [5, 5.41) is 11.9. The third kappa shape index (κ3) is 2.95. The number of halogens is 1. The van der Waals surface area contributed by atoms with Crippen LogP contribution < -0.4 is 5.32 Å². The molecule has 0 saturated carbocycles. The molecule has 15 heavy (non-hydrogen) atoms. The molecular formula is C12H15FN2. The summed E-state index contributed by atoms with van der Waals surface area (Å²) in [6.45, 7) is 6.26. The second-order valence-corrected chi connectivity index (χ2v) is 3.98. The first-order valence-electron chi connectivity index (χ1n) is 5.00. The summed E-state index contributed by atoms with van der Waals surface area (Å²) in [7, 11) is 0. The molecule has 0 aromatic heterocycles. The first-order chi connectivity index (χ1) is 7.04. The Morgan fingerprint density at radius 1 is 1.33 bits per heavy atom. The van der Waals surface area contributed by atoms with E-state index < -0.39 is 5.82 Å². The quantitative estimate of drug-likeness (QED) is 0.824. The van der Waals surface area contributed by atoms with Crippen molar-refractivity contribution in [2.24, 2.45) is 5.92 Å². The second kappa shape index (κ2) is 4.79. The number of nitriles is 1. The van der Waals surface area contributed by atoms with Gasteiger partial charge in [0.05, 0.1) is 5.56 Å². The van der Waals surface area contributed by atoms with E-state index in [1.165, 1.54) is 12.1 Å². The minimum Gasteiger partial charge on any atom is -0.382 e. The standard InChI is InChI=1S/C12H15FN2/c1-8(2)9(3)15-11-4-5-12(13)10(6-11)7-14/h4-6,8-9,15H,1-3H3. The van der Waals surface area contributed by atoms with E-state index in [4.69, 9.17) is 5.26 Å². The number of anilines is 1. The number of hydrogen-bond acceptors (Lipinski definition) is 2. The van der Waals surface area contributed by atoms with Crippen molar-refractivity contribution < 1.29 is 4.39 Å². The van der Waals surface area contributed by atoms with Crippen LogP contribution in [0, 0.1) is 23.1 Å². The minimum absolute atomic E-state index is 0.0796. The smallest absolute Gasteiger partial charge is 0.141 e. The zero-order valence-corrected chi connectivity index (χ0v) is 9.21. The predicted octanol–water partition coefficient (Wildman–Crippen LogP) is 3.15. The first kappa shape index (κ1) is 11.5. The average molecular weight is 206 g/mol. The number of rotatable bonds is 3. The highest BCUT2D eigenvalue weighted by molar-refractivity contribution is 5.50. The van der Waals surface area contributed by atoms with Crippen LogP contribution in [0.5, 0.6) is 0 Å². The van der Waals surface area contributed by atoms with Crippen molar-refractivity contribution >= 4 is 5.69 Å². The van der Waals surface area contributed by atoms with Crippen molar-refractivity contribution in [2.75, 3.05) is 5.32 Å². The largest absolute Gasteiger partial charge is 0.382 e. The van der Waals surface area contributed by atoms with Crippen LogP contribution in [0.4, 0.5) is 10.1 Å². The van der Waals surface area contributed by atoms with Gasteiger partial charge >= 0.3 is 0 Å². The Labute approximate surface area is 89.7 Å². The molecule has 2 nitrogen and oxygen atoms in total. The summed E-state index contributed by atoms with van der Waals surface area (Å²) in [4.78, 5) is 0. The fraction of sp³-hybridized carbons (Fsp3) is 0.417. The normalized spacial score (nSPS) is 12.3. The Morgan fingerprint density at radius 3 is 2.53 bits per heavy atom. The van der Waals surface area contributed by atoms with Gasteiger partial charge in [0.25, 0.3) is 0 Å². The maximum atomic E-state index is 13.0. The van der Waals surface area contributed by atoms with Gasteiger partial charge in [-0.25, -0.2) is 4.39 Å². The monoisotopic (exact) mass is 206 g/mol. The average Bonchev–Trinajstić information content (AvgIpc) is 2.20. The van der Waals surface area contributed by atoms with E-state index in [-0.39, 0.29) is 5.56 Å². The van der Waals surface area contributed by atoms with Gasteiger partial charge in [0, 0.05) is 11.7 Å². The van der Waals surface area contributed by atoms with E-state index >= 15 is 0 Å². The molecule has 0 aliphatic carbocycles. The zero-order chi connectivity index (χ0) is 11.4. The van der Waals surface area contributed by atoms with E-state index in [2.05, 4.69) is 26.1 Å². The molecule has 3 heteroatoms. The summed E-state index contributed by atoms with van der Waals surface area (Å²) < 4.78 is 13.0. The number of hydrogen-bond donors (Lipinski definition) is 1. The fourth-order valence-corrected chi connectivity index (χ4v) is 1.13. The topological polar surface area (TPSA) is 35.8 Å². The van der Waals surface area contributed by atoms with E-state index in [0.717, 1.165) is 5.69 Å². The Balaban J connectivity index is 2.84. The molecule has 1 unspecified atom stereocenters.